The number of aryl methyl sites for hydroxylation is 1. The first kappa shape index (κ1) is 11.6. The summed E-state index contributed by atoms with van der Waals surface area (Å²) >= 11 is 0. The molecule has 74 valence electrons. The number of nitrogens with two attached hydrogens (primary N) is 2. The molecule has 4 nitrogen and oxygen atoms in total. The van der Waals surface area contributed by atoms with Crippen molar-refractivity contribution < 1.29 is 0 Å². The van der Waals surface area contributed by atoms with Gasteiger partial charge in [-0.15, -0.1) is 0 Å². The average Bonchev–Trinajstić information content (AvgIpc) is 2.15. The maximum absolute atomic E-state index is 11.2. The molecule has 0 aliphatic carbocycles. The van der Waals surface area contributed by atoms with Crippen LogP contribution >= 0.6 is 0 Å². The molecule has 0 bridgehead atoms. The molecule has 1 rings (SSSR count). The van der Waals surface area contributed by atoms with Crippen LogP contribution in [0.15, 0.2) is 4.79 Å². The Labute approximate surface area is 78.0 Å². The Morgan fingerprint density at radius 3 is 2.08 bits per heavy atom. The number of aromatic nitrogens is 1. The first-order chi connectivity index (χ1) is 6.04. The Hall–Kier alpha value is -1.45. The molecule has 1 aromatic heterocycles. The zero-order valence-corrected chi connectivity index (χ0v) is 8.56. The molecule has 0 aliphatic heterocycles. The van der Waals surface area contributed by atoms with Gasteiger partial charge in [-0.25, -0.2) is 0 Å². The van der Waals surface area contributed by atoms with Crippen molar-refractivity contribution in [2.24, 2.45) is 0 Å². The van der Waals surface area contributed by atoms with Crippen molar-refractivity contribution in [3.63, 3.8) is 0 Å². The summed E-state index contributed by atoms with van der Waals surface area (Å²) in [7, 11) is 0. The maximum atomic E-state index is 11.2. The first-order valence-electron chi connectivity index (χ1n) is 4.28. The van der Waals surface area contributed by atoms with Crippen LogP contribution in [0.4, 0.5) is 11.5 Å². The molecule has 0 saturated carbocycles. The van der Waals surface area contributed by atoms with Crippen LogP contribution < -0.4 is 16.9 Å². The predicted molar refractivity (Wildman–Crippen MR) is 56.7 cm³/mol. The second kappa shape index (κ2) is 4.54. The van der Waals surface area contributed by atoms with Gasteiger partial charge in [0.05, 0.1) is 0 Å². The molecule has 0 unspecified atom stereocenters. The summed E-state index contributed by atoms with van der Waals surface area (Å²) in [5, 5.41) is 0. The molecule has 0 aromatic carbocycles. The van der Waals surface area contributed by atoms with Gasteiger partial charge in [-0.3, -0.25) is 4.79 Å². The molecule has 4 heteroatoms. The number of nitrogens with one attached hydrogen (secondary N) is 1. The number of aromatic amines is 1. The lowest BCUT2D eigenvalue weighted by Crippen LogP contribution is -2.16. The summed E-state index contributed by atoms with van der Waals surface area (Å²) in [5.74, 6) is 0.248. The fraction of sp³-hybridized carbons (Fsp3) is 0.444. The maximum Gasteiger partial charge on any atom is 0.209 e. The monoisotopic (exact) mass is 183 g/mol. The summed E-state index contributed by atoms with van der Waals surface area (Å²) in [4.78, 5) is 14.0. The van der Waals surface area contributed by atoms with Gasteiger partial charge in [0.1, 0.15) is 11.5 Å². The van der Waals surface area contributed by atoms with Crippen LogP contribution in [0.2, 0.25) is 0 Å². The molecule has 0 amide bonds. The lowest BCUT2D eigenvalue weighted by atomic mass is 10.2. The lowest BCUT2D eigenvalue weighted by Gasteiger charge is -2.03. The molecule has 13 heavy (non-hydrogen) atoms. The van der Waals surface area contributed by atoms with Gasteiger partial charge in [0.25, 0.3) is 0 Å². The molecular formula is C9H17N3O. The van der Waals surface area contributed by atoms with Crippen molar-refractivity contribution in [1.29, 1.82) is 0 Å². The van der Waals surface area contributed by atoms with Crippen molar-refractivity contribution in [3.8, 4) is 0 Å². The molecule has 0 saturated heterocycles. The second-order valence-corrected chi connectivity index (χ2v) is 2.53. The highest BCUT2D eigenvalue weighted by Crippen LogP contribution is 2.08. The van der Waals surface area contributed by atoms with E-state index in [2.05, 4.69) is 4.98 Å². The van der Waals surface area contributed by atoms with Gasteiger partial charge < -0.3 is 16.5 Å². The van der Waals surface area contributed by atoms with Crippen LogP contribution in [0.3, 0.4) is 0 Å². The highest BCUT2D eigenvalue weighted by Gasteiger charge is 2.05. The Kier molecular flexibility index (Phi) is 4.04. The minimum absolute atomic E-state index is 0.105. The molecule has 0 aliphatic rings. The molecule has 0 atom stereocenters. The number of hydrogen-bond acceptors (Lipinski definition) is 3. The van der Waals surface area contributed by atoms with Gasteiger partial charge in [0, 0.05) is 11.3 Å². The Balaban J connectivity index is 0.000000671. The van der Waals surface area contributed by atoms with Crippen molar-refractivity contribution in [3.05, 3.63) is 21.5 Å². The van der Waals surface area contributed by atoms with E-state index in [0.29, 0.717) is 5.56 Å². The Bertz CT molecular complexity index is 312. The van der Waals surface area contributed by atoms with E-state index < -0.39 is 0 Å². The predicted octanol–water partition coefficient (Wildman–Crippen LogP) is 1.18. The standard InChI is InChI=1S/C7H11N3O.C2H6/c1-3-4(2)10-7(9)5(8)6(3)11;1-2/h8H2,1-2H3,(H3,9,10,11);1-2H3. The third-order valence-corrected chi connectivity index (χ3v) is 1.76. The molecular weight excluding hydrogens is 166 g/mol. The summed E-state index contributed by atoms with van der Waals surface area (Å²) < 4.78 is 0. The zero-order chi connectivity index (χ0) is 10.6. The Morgan fingerprint density at radius 2 is 1.62 bits per heavy atom. The highest BCUT2D eigenvalue weighted by atomic mass is 16.1. The SMILES string of the molecule is CC.Cc1[nH]c(N)c(N)c(=O)c1C. The van der Waals surface area contributed by atoms with Gasteiger partial charge in [-0.1, -0.05) is 13.8 Å². The van der Waals surface area contributed by atoms with Crippen LogP contribution in [-0.2, 0) is 0 Å². The van der Waals surface area contributed by atoms with Crippen molar-refractivity contribution >= 4 is 11.5 Å². The van der Waals surface area contributed by atoms with E-state index in [1.165, 1.54) is 0 Å². The number of hydrogen-bond donors (Lipinski definition) is 3. The van der Waals surface area contributed by atoms with E-state index in [0.717, 1.165) is 5.69 Å². The molecule has 1 aromatic rings. The van der Waals surface area contributed by atoms with Crippen LogP contribution in [0.25, 0.3) is 0 Å². The zero-order valence-electron chi connectivity index (χ0n) is 8.56. The number of anilines is 2. The van der Waals surface area contributed by atoms with Crippen molar-refractivity contribution in [2.75, 3.05) is 11.5 Å². The fourth-order valence-corrected chi connectivity index (χ4v) is 0.858. The topological polar surface area (TPSA) is 84.9 Å². The number of pyridine rings is 1. The number of nitrogen functional groups attached to an aromatic ring is 2. The minimum atomic E-state index is -0.182. The largest absolute Gasteiger partial charge is 0.393 e. The van der Waals surface area contributed by atoms with E-state index in [1.54, 1.807) is 13.8 Å². The number of rotatable bonds is 0. The van der Waals surface area contributed by atoms with E-state index in [-0.39, 0.29) is 16.9 Å². The van der Waals surface area contributed by atoms with Crippen LogP contribution in [0.1, 0.15) is 25.1 Å². The molecule has 0 spiro atoms. The van der Waals surface area contributed by atoms with E-state index in [4.69, 9.17) is 11.5 Å². The van der Waals surface area contributed by atoms with Gasteiger partial charge in [0.15, 0.2) is 0 Å². The summed E-state index contributed by atoms with van der Waals surface area (Å²) in [6.45, 7) is 7.50. The molecule has 0 fully saturated rings. The molecule has 1 heterocycles. The Morgan fingerprint density at radius 1 is 1.15 bits per heavy atom. The second-order valence-electron chi connectivity index (χ2n) is 2.53. The molecule has 5 N–H and O–H groups in total. The minimum Gasteiger partial charge on any atom is -0.393 e. The summed E-state index contributed by atoms with van der Waals surface area (Å²) in [5.41, 5.74) is 12.1. The van der Waals surface area contributed by atoms with Crippen molar-refractivity contribution in [1.82, 2.24) is 4.98 Å². The normalized spacial score (nSPS) is 8.92. The lowest BCUT2D eigenvalue weighted by molar-refractivity contribution is 1.14. The highest BCUT2D eigenvalue weighted by molar-refractivity contribution is 5.59. The quantitative estimate of drug-likeness (QED) is 0.564. The van der Waals surface area contributed by atoms with Crippen molar-refractivity contribution in [2.45, 2.75) is 27.7 Å². The smallest absolute Gasteiger partial charge is 0.209 e. The van der Waals surface area contributed by atoms with Gasteiger partial charge >= 0.3 is 0 Å². The van der Waals surface area contributed by atoms with Gasteiger partial charge in [-0.05, 0) is 13.8 Å². The van der Waals surface area contributed by atoms with Crippen LogP contribution in [0, 0.1) is 13.8 Å². The van der Waals surface area contributed by atoms with Crippen LogP contribution in [-0.4, -0.2) is 4.98 Å². The fourth-order valence-electron chi connectivity index (χ4n) is 0.858. The van der Waals surface area contributed by atoms with E-state index >= 15 is 0 Å². The first-order valence-corrected chi connectivity index (χ1v) is 4.28. The van der Waals surface area contributed by atoms with Gasteiger partial charge in [-0.2, -0.15) is 0 Å². The molecule has 0 radical (unpaired) electrons. The average molecular weight is 183 g/mol. The van der Waals surface area contributed by atoms with Gasteiger partial charge in [0.2, 0.25) is 5.43 Å². The van der Waals surface area contributed by atoms with Crippen LogP contribution in [0.5, 0.6) is 0 Å². The third kappa shape index (κ3) is 2.24. The summed E-state index contributed by atoms with van der Waals surface area (Å²) in [6, 6.07) is 0. The van der Waals surface area contributed by atoms with E-state index in [9.17, 15) is 4.79 Å². The number of H-pyrrole nitrogens is 1. The van der Waals surface area contributed by atoms with E-state index in [1.807, 2.05) is 13.8 Å². The summed E-state index contributed by atoms with van der Waals surface area (Å²) in [6.07, 6.45) is 0. The third-order valence-electron chi connectivity index (χ3n) is 1.76.